The van der Waals surface area contributed by atoms with Gasteiger partial charge in [0.15, 0.2) is 0 Å². The fourth-order valence-electron chi connectivity index (χ4n) is 4.54. The zero-order valence-electron chi connectivity index (χ0n) is 15.8. The molecule has 1 fully saturated rings. The minimum absolute atomic E-state index is 0.0732. The highest BCUT2D eigenvalue weighted by Crippen LogP contribution is 2.61. The van der Waals surface area contributed by atoms with Crippen LogP contribution in [0.25, 0.3) is 0 Å². The minimum atomic E-state index is 0.0732. The molecule has 1 amide bonds. The quantitative estimate of drug-likeness (QED) is 0.500. The summed E-state index contributed by atoms with van der Waals surface area (Å²) < 4.78 is 0.985. The Labute approximate surface area is 175 Å². The molecular formula is C24H24INO. The molecule has 2 nitrogen and oxygen atoms in total. The van der Waals surface area contributed by atoms with Crippen molar-refractivity contribution in [1.82, 2.24) is 4.90 Å². The van der Waals surface area contributed by atoms with Gasteiger partial charge in [0, 0.05) is 15.2 Å². The van der Waals surface area contributed by atoms with E-state index in [0.29, 0.717) is 18.4 Å². The Balaban J connectivity index is 1.76. The molecule has 1 saturated carbocycles. The van der Waals surface area contributed by atoms with Crippen LogP contribution in [0, 0.1) is 20.8 Å². The SMILES string of the molecule is C=C1C=C(N(Cc2ccccc2)C(=O)c2ccccc2I)C2CC1C2(C)C. The van der Waals surface area contributed by atoms with E-state index in [4.69, 9.17) is 0 Å². The number of hydrogen-bond donors (Lipinski definition) is 0. The minimum Gasteiger partial charge on any atom is -0.307 e. The molecule has 0 saturated heterocycles. The van der Waals surface area contributed by atoms with E-state index in [2.05, 4.69) is 61.2 Å². The van der Waals surface area contributed by atoms with Crippen molar-refractivity contribution in [3.8, 4) is 0 Å². The van der Waals surface area contributed by atoms with Crippen LogP contribution < -0.4 is 0 Å². The molecule has 0 radical (unpaired) electrons. The van der Waals surface area contributed by atoms with Crippen molar-refractivity contribution in [3.63, 3.8) is 0 Å². The van der Waals surface area contributed by atoms with Gasteiger partial charge in [-0.3, -0.25) is 4.79 Å². The van der Waals surface area contributed by atoms with Crippen molar-refractivity contribution < 1.29 is 4.79 Å². The molecule has 3 aliphatic carbocycles. The van der Waals surface area contributed by atoms with Crippen molar-refractivity contribution in [1.29, 1.82) is 0 Å². The lowest BCUT2D eigenvalue weighted by molar-refractivity contribution is 0.00234. The third-order valence-corrected chi connectivity index (χ3v) is 7.19. The highest BCUT2D eigenvalue weighted by atomic mass is 127. The fourth-order valence-corrected chi connectivity index (χ4v) is 5.16. The normalized spacial score (nSPS) is 22.6. The van der Waals surface area contributed by atoms with E-state index in [-0.39, 0.29) is 11.3 Å². The molecule has 3 heteroatoms. The lowest BCUT2D eigenvalue weighted by Gasteiger charge is -2.58. The molecule has 2 unspecified atom stereocenters. The van der Waals surface area contributed by atoms with Gasteiger partial charge in [0.1, 0.15) is 0 Å². The number of carbonyl (C=O) groups excluding carboxylic acids is 1. The average Bonchev–Trinajstić information content (AvgIpc) is 2.66. The van der Waals surface area contributed by atoms with E-state index >= 15 is 0 Å². The third-order valence-electron chi connectivity index (χ3n) is 6.25. The second-order valence-corrected chi connectivity index (χ2v) is 9.33. The molecule has 0 heterocycles. The zero-order valence-corrected chi connectivity index (χ0v) is 17.9. The van der Waals surface area contributed by atoms with Gasteiger partial charge in [0.25, 0.3) is 5.91 Å². The van der Waals surface area contributed by atoms with E-state index in [1.807, 2.05) is 47.4 Å². The molecule has 2 aromatic rings. The van der Waals surface area contributed by atoms with E-state index in [1.54, 1.807) is 0 Å². The molecule has 2 aromatic carbocycles. The summed E-state index contributed by atoms with van der Waals surface area (Å²) in [5.41, 5.74) is 4.36. The Kier molecular flexibility index (Phi) is 4.75. The number of nitrogens with zero attached hydrogens (tertiary/aromatic N) is 1. The monoisotopic (exact) mass is 469 g/mol. The summed E-state index contributed by atoms with van der Waals surface area (Å²) in [5, 5.41) is 0. The number of hydrogen-bond acceptors (Lipinski definition) is 1. The highest BCUT2D eigenvalue weighted by molar-refractivity contribution is 14.1. The number of rotatable bonds is 4. The lowest BCUT2D eigenvalue weighted by Crippen LogP contribution is -2.53. The van der Waals surface area contributed by atoms with Crippen molar-refractivity contribution in [2.24, 2.45) is 17.3 Å². The van der Waals surface area contributed by atoms with E-state index in [1.165, 1.54) is 0 Å². The Morgan fingerprint density at radius 1 is 1.11 bits per heavy atom. The van der Waals surface area contributed by atoms with Crippen molar-refractivity contribution in [2.75, 3.05) is 0 Å². The summed E-state index contributed by atoms with van der Waals surface area (Å²) in [4.78, 5) is 15.6. The fraction of sp³-hybridized carbons (Fsp3) is 0.292. The second kappa shape index (κ2) is 6.93. The molecular weight excluding hydrogens is 445 g/mol. The summed E-state index contributed by atoms with van der Waals surface area (Å²) in [7, 11) is 0. The van der Waals surface area contributed by atoms with Crippen LogP contribution in [0.2, 0.25) is 0 Å². The van der Waals surface area contributed by atoms with Gasteiger partial charge in [-0.05, 0) is 69.7 Å². The van der Waals surface area contributed by atoms with Gasteiger partial charge >= 0.3 is 0 Å². The van der Waals surface area contributed by atoms with E-state index in [9.17, 15) is 4.79 Å². The summed E-state index contributed by atoms with van der Waals surface area (Å²) in [6.07, 6.45) is 3.27. The molecule has 138 valence electrons. The number of halogens is 1. The van der Waals surface area contributed by atoms with Gasteiger partial charge in [-0.15, -0.1) is 0 Å². The van der Waals surface area contributed by atoms with Crippen LogP contribution in [0.4, 0.5) is 0 Å². The average molecular weight is 469 g/mol. The summed E-state index contributed by atoms with van der Waals surface area (Å²) >= 11 is 2.25. The van der Waals surface area contributed by atoms with Crippen LogP contribution in [-0.4, -0.2) is 10.8 Å². The maximum atomic E-state index is 13.6. The van der Waals surface area contributed by atoms with Gasteiger partial charge < -0.3 is 4.90 Å². The Morgan fingerprint density at radius 2 is 1.78 bits per heavy atom. The summed E-state index contributed by atoms with van der Waals surface area (Å²) in [6.45, 7) is 9.50. The van der Waals surface area contributed by atoms with E-state index < -0.39 is 0 Å². The molecule has 2 atom stereocenters. The first-order chi connectivity index (χ1) is 12.9. The van der Waals surface area contributed by atoms with Crippen molar-refractivity contribution in [2.45, 2.75) is 26.8 Å². The maximum Gasteiger partial charge on any atom is 0.259 e. The predicted molar refractivity (Wildman–Crippen MR) is 118 cm³/mol. The topological polar surface area (TPSA) is 20.3 Å². The molecule has 0 N–H and O–H groups in total. The van der Waals surface area contributed by atoms with Gasteiger partial charge in [-0.2, -0.15) is 0 Å². The van der Waals surface area contributed by atoms with Crippen LogP contribution in [-0.2, 0) is 6.54 Å². The first-order valence-corrected chi connectivity index (χ1v) is 10.5. The van der Waals surface area contributed by atoms with E-state index in [0.717, 1.165) is 32.4 Å². The van der Waals surface area contributed by atoms with Crippen LogP contribution in [0.1, 0.15) is 36.2 Å². The third kappa shape index (κ3) is 3.16. The van der Waals surface area contributed by atoms with Crippen LogP contribution >= 0.6 is 22.6 Å². The highest BCUT2D eigenvalue weighted by Gasteiger charge is 2.54. The lowest BCUT2D eigenvalue weighted by atomic mass is 9.48. The number of benzene rings is 2. The standard InChI is InChI=1S/C24H24INO/c1-16-13-22(20-14-19(16)24(20,2)3)26(15-17-9-5-4-6-10-17)23(27)18-11-7-8-12-21(18)25/h4-13,19-20H,1,14-15H2,2-3H3. The Hall–Kier alpha value is -1.88. The van der Waals surface area contributed by atoms with Gasteiger partial charge in [-0.1, -0.05) is 62.9 Å². The van der Waals surface area contributed by atoms with Gasteiger partial charge in [0.05, 0.1) is 12.1 Å². The Morgan fingerprint density at radius 3 is 2.41 bits per heavy atom. The Bertz CT molecular complexity index is 928. The molecule has 0 aliphatic heterocycles. The van der Waals surface area contributed by atoms with Gasteiger partial charge in [-0.25, -0.2) is 0 Å². The number of allylic oxidation sites excluding steroid dienone is 3. The zero-order chi connectivity index (χ0) is 19.2. The first kappa shape index (κ1) is 18.5. The number of amides is 1. The molecule has 0 spiro atoms. The molecule has 5 rings (SSSR count). The smallest absolute Gasteiger partial charge is 0.259 e. The van der Waals surface area contributed by atoms with Crippen LogP contribution in [0.5, 0.6) is 0 Å². The molecule has 2 bridgehead atoms. The van der Waals surface area contributed by atoms with Crippen molar-refractivity contribution in [3.05, 3.63) is 93.2 Å². The molecule has 0 aromatic heterocycles. The first-order valence-electron chi connectivity index (χ1n) is 9.40. The van der Waals surface area contributed by atoms with Crippen molar-refractivity contribution >= 4 is 28.5 Å². The number of carbonyl (C=O) groups is 1. The van der Waals surface area contributed by atoms with Crippen LogP contribution in [0.3, 0.4) is 0 Å². The molecule has 27 heavy (non-hydrogen) atoms. The second-order valence-electron chi connectivity index (χ2n) is 8.16. The molecule has 3 aliphatic rings. The van der Waals surface area contributed by atoms with Gasteiger partial charge in [0.2, 0.25) is 0 Å². The summed E-state index contributed by atoms with van der Waals surface area (Å²) in [6, 6.07) is 18.1. The number of fused-ring (bicyclic) bond motifs is 1. The summed E-state index contributed by atoms with van der Waals surface area (Å²) in [5.74, 6) is 1.02. The maximum absolute atomic E-state index is 13.6. The predicted octanol–water partition coefficient (Wildman–Crippen LogP) is 6.05. The van der Waals surface area contributed by atoms with Crippen LogP contribution in [0.15, 0.2) is 78.5 Å². The largest absolute Gasteiger partial charge is 0.307 e.